The van der Waals surface area contributed by atoms with Gasteiger partial charge in [-0.1, -0.05) is 42.5 Å². The summed E-state index contributed by atoms with van der Waals surface area (Å²) in [5.74, 6) is -0.283. The summed E-state index contributed by atoms with van der Waals surface area (Å²) < 4.78 is 10.8. The number of hydrogen-bond acceptors (Lipinski definition) is 6. The summed E-state index contributed by atoms with van der Waals surface area (Å²) in [6, 6.07) is 23.8. The minimum absolute atomic E-state index is 0.147. The van der Waals surface area contributed by atoms with E-state index in [1.807, 2.05) is 63.2 Å². The van der Waals surface area contributed by atoms with Crippen LogP contribution in [0.2, 0.25) is 0 Å². The third-order valence-corrected chi connectivity index (χ3v) is 7.49. The highest BCUT2D eigenvalue weighted by Crippen LogP contribution is 2.31. The number of ether oxygens (including phenoxy) is 2. The van der Waals surface area contributed by atoms with Crippen molar-refractivity contribution in [3.63, 3.8) is 0 Å². The van der Waals surface area contributed by atoms with E-state index in [4.69, 9.17) is 9.47 Å². The fraction of sp³-hybridized carbons (Fsp3) is 0.323. The van der Waals surface area contributed by atoms with Crippen LogP contribution in [0.1, 0.15) is 49.5 Å². The summed E-state index contributed by atoms with van der Waals surface area (Å²) in [4.78, 5) is 40.4. The van der Waals surface area contributed by atoms with E-state index in [1.165, 1.54) is 0 Å². The molecule has 9 heteroatoms. The van der Waals surface area contributed by atoms with Crippen molar-refractivity contribution in [3.05, 3.63) is 90.0 Å². The van der Waals surface area contributed by atoms with E-state index in [9.17, 15) is 14.4 Å². The number of benzene rings is 3. The van der Waals surface area contributed by atoms with Gasteiger partial charge in [-0.05, 0) is 75.6 Å². The molecule has 2 N–H and O–H groups in total. The molecular weight excluding hydrogens is 526 g/mol. The molecule has 0 unspecified atom stereocenters. The van der Waals surface area contributed by atoms with E-state index < -0.39 is 11.7 Å². The van der Waals surface area contributed by atoms with Crippen molar-refractivity contribution in [2.24, 2.45) is 0 Å². The molecule has 4 rings (SSSR count). The number of likely N-dealkylation sites (tertiary alicyclic amines) is 1. The Kier molecular flexibility index (Phi) is 9.71. The maximum absolute atomic E-state index is 13.0. The lowest BCUT2D eigenvalue weighted by Crippen LogP contribution is -2.42. The Morgan fingerprint density at radius 3 is 2.08 bits per heavy atom. The van der Waals surface area contributed by atoms with Crippen molar-refractivity contribution in [1.82, 2.24) is 4.90 Å². The highest BCUT2D eigenvalue weighted by atomic mass is 32.2. The van der Waals surface area contributed by atoms with Gasteiger partial charge >= 0.3 is 12.2 Å². The molecule has 0 atom stereocenters. The lowest BCUT2D eigenvalue weighted by Gasteiger charge is -2.33. The summed E-state index contributed by atoms with van der Waals surface area (Å²) in [6.07, 6.45) is 0.893. The Balaban J connectivity index is 1.27. The van der Waals surface area contributed by atoms with Crippen molar-refractivity contribution in [3.8, 4) is 0 Å². The third-order valence-electron chi connectivity index (χ3n) is 6.14. The van der Waals surface area contributed by atoms with Gasteiger partial charge in [-0.25, -0.2) is 9.59 Å². The van der Waals surface area contributed by atoms with Crippen LogP contribution in [0.25, 0.3) is 0 Å². The van der Waals surface area contributed by atoms with Crippen molar-refractivity contribution in [2.45, 2.75) is 56.0 Å². The number of anilines is 2. The standard InChI is InChI=1S/C31H35N3O5S/c1-31(2,3)39-30(37)34-19-17-25(18-20-34)40-24-15-13-23(14-16-24)28(35)32-26-11-7-8-12-27(26)33-29(36)38-21-22-9-5-4-6-10-22/h4-16,25H,17-21H2,1-3H3,(H,32,35)(H,33,36). The van der Waals surface area contributed by atoms with E-state index in [0.29, 0.717) is 35.3 Å². The van der Waals surface area contributed by atoms with Crippen LogP contribution in [-0.4, -0.2) is 46.9 Å². The smallest absolute Gasteiger partial charge is 0.412 e. The summed E-state index contributed by atoms with van der Waals surface area (Å²) in [5, 5.41) is 5.96. The molecule has 3 aromatic rings. The SMILES string of the molecule is CC(C)(C)OC(=O)N1CCC(Sc2ccc(C(=O)Nc3ccccc3NC(=O)OCc3ccccc3)cc2)CC1. The van der Waals surface area contributed by atoms with E-state index in [-0.39, 0.29) is 18.6 Å². The van der Waals surface area contributed by atoms with Crippen LogP contribution < -0.4 is 10.6 Å². The van der Waals surface area contributed by atoms with Crippen LogP contribution in [0.15, 0.2) is 83.8 Å². The lowest BCUT2D eigenvalue weighted by molar-refractivity contribution is 0.0219. The normalized spacial score (nSPS) is 13.8. The highest BCUT2D eigenvalue weighted by Gasteiger charge is 2.27. The van der Waals surface area contributed by atoms with E-state index >= 15 is 0 Å². The molecule has 0 spiro atoms. The van der Waals surface area contributed by atoms with Crippen LogP contribution in [0, 0.1) is 0 Å². The Morgan fingerprint density at radius 1 is 0.850 bits per heavy atom. The number of amides is 3. The quantitative estimate of drug-likeness (QED) is 0.317. The molecule has 1 aliphatic rings. The largest absolute Gasteiger partial charge is 0.444 e. The number of thioether (sulfide) groups is 1. The Hall–Kier alpha value is -3.98. The second-order valence-corrected chi connectivity index (χ2v) is 11.9. The number of rotatable bonds is 7. The minimum Gasteiger partial charge on any atom is -0.444 e. The molecule has 3 aromatic carbocycles. The van der Waals surface area contributed by atoms with Gasteiger partial charge in [0.05, 0.1) is 11.4 Å². The zero-order valence-corrected chi connectivity index (χ0v) is 23.8. The van der Waals surface area contributed by atoms with E-state index in [2.05, 4.69) is 10.6 Å². The fourth-order valence-electron chi connectivity index (χ4n) is 4.12. The van der Waals surface area contributed by atoms with Crippen molar-refractivity contribution >= 4 is 41.2 Å². The molecule has 1 aliphatic heterocycles. The van der Waals surface area contributed by atoms with Gasteiger partial charge in [-0.2, -0.15) is 0 Å². The van der Waals surface area contributed by atoms with Crippen LogP contribution >= 0.6 is 11.8 Å². The van der Waals surface area contributed by atoms with Crippen LogP contribution in [0.4, 0.5) is 21.0 Å². The van der Waals surface area contributed by atoms with Crippen LogP contribution in [-0.2, 0) is 16.1 Å². The average Bonchev–Trinajstić information content (AvgIpc) is 2.93. The van der Waals surface area contributed by atoms with Crippen molar-refractivity contribution in [1.29, 1.82) is 0 Å². The molecular formula is C31H35N3O5S. The maximum Gasteiger partial charge on any atom is 0.412 e. The average molecular weight is 562 g/mol. The van der Waals surface area contributed by atoms with Gasteiger partial charge in [0.15, 0.2) is 0 Å². The first-order chi connectivity index (χ1) is 19.2. The second-order valence-electron chi connectivity index (χ2n) is 10.5. The molecule has 0 saturated carbocycles. The Morgan fingerprint density at radius 2 is 1.45 bits per heavy atom. The summed E-state index contributed by atoms with van der Waals surface area (Å²) in [5.41, 5.74) is 1.81. The number of hydrogen-bond donors (Lipinski definition) is 2. The first-order valence-corrected chi connectivity index (χ1v) is 14.2. The molecule has 1 fully saturated rings. The van der Waals surface area contributed by atoms with E-state index in [0.717, 1.165) is 23.3 Å². The molecule has 40 heavy (non-hydrogen) atoms. The molecule has 0 radical (unpaired) electrons. The molecule has 3 amide bonds. The predicted octanol–water partition coefficient (Wildman–Crippen LogP) is 7.18. The predicted molar refractivity (Wildman–Crippen MR) is 158 cm³/mol. The summed E-state index contributed by atoms with van der Waals surface area (Å²) >= 11 is 1.76. The van der Waals surface area contributed by atoms with Crippen molar-refractivity contribution in [2.75, 3.05) is 23.7 Å². The first-order valence-electron chi connectivity index (χ1n) is 13.3. The molecule has 1 heterocycles. The molecule has 210 valence electrons. The first kappa shape index (κ1) is 29.0. The fourth-order valence-corrected chi connectivity index (χ4v) is 5.25. The van der Waals surface area contributed by atoms with Gasteiger partial charge in [-0.15, -0.1) is 11.8 Å². The Labute approximate surface area is 239 Å². The van der Waals surface area contributed by atoms with Gasteiger partial charge < -0.3 is 19.7 Å². The zero-order valence-electron chi connectivity index (χ0n) is 23.0. The topological polar surface area (TPSA) is 97.0 Å². The van der Waals surface area contributed by atoms with Crippen LogP contribution in [0.5, 0.6) is 0 Å². The van der Waals surface area contributed by atoms with Crippen molar-refractivity contribution < 1.29 is 23.9 Å². The lowest BCUT2D eigenvalue weighted by atomic mass is 10.1. The molecule has 1 saturated heterocycles. The number of nitrogens with one attached hydrogen (secondary N) is 2. The zero-order chi connectivity index (χ0) is 28.5. The number of para-hydroxylation sites is 2. The van der Waals surface area contributed by atoms with Gasteiger partial charge in [0.1, 0.15) is 12.2 Å². The number of carbonyl (C=O) groups is 3. The van der Waals surface area contributed by atoms with Gasteiger partial charge in [0, 0.05) is 28.8 Å². The Bertz CT molecular complexity index is 1300. The third kappa shape index (κ3) is 8.77. The monoisotopic (exact) mass is 561 g/mol. The van der Waals surface area contributed by atoms with Gasteiger partial charge in [-0.3, -0.25) is 10.1 Å². The van der Waals surface area contributed by atoms with E-state index in [1.54, 1.807) is 53.1 Å². The maximum atomic E-state index is 13.0. The highest BCUT2D eigenvalue weighted by molar-refractivity contribution is 8.00. The molecule has 0 aliphatic carbocycles. The second kappa shape index (κ2) is 13.4. The molecule has 8 nitrogen and oxygen atoms in total. The number of piperidine rings is 1. The van der Waals surface area contributed by atoms with Crippen LogP contribution in [0.3, 0.4) is 0 Å². The summed E-state index contributed by atoms with van der Waals surface area (Å²) in [7, 11) is 0. The minimum atomic E-state index is -0.608. The molecule has 0 bridgehead atoms. The number of nitrogens with zero attached hydrogens (tertiary/aromatic N) is 1. The van der Waals surface area contributed by atoms with Gasteiger partial charge in [0.25, 0.3) is 5.91 Å². The molecule has 0 aromatic heterocycles. The van der Waals surface area contributed by atoms with Gasteiger partial charge in [0.2, 0.25) is 0 Å². The number of carbonyl (C=O) groups excluding carboxylic acids is 3. The summed E-state index contributed by atoms with van der Waals surface area (Å²) in [6.45, 7) is 7.10.